The van der Waals surface area contributed by atoms with Crippen molar-refractivity contribution in [3.8, 4) is 0 Å². The van der Waals surface area contributed by atoms with Crippen LogP contribution in [0.15, 0.2) is 12.2 Å². The first-order valence-electron chi connectivity index (χ1n) is 5.50. The quantitative estimate of drug-likeness (QED) is 0.663. The van der Waals surface area contributed by atoms with E-state index in [0.717, 1.165) is 6.42 Å². The van der Waals surface area contributed by atoms with Gasteiger partial charge in [-0.25, -0.2) is 0 Å². The number of carboxylic acid groups (broad SMARTS) is 1. The number of rotatable bonds is 7. The topological polar surface area (TPSA) is 46.5 Å². The lowest BCUT2D eigenvalue weighted by Gasteiger charge is -2.25. The molecule has 0 fully saturated rings. The van der Waals surface area contributed by atoms with Gasteiger partial charge in [0.05, 0.1) is 12.0 Å². The molecule has 0 aliphatic rings. The molecule has 0 aromatic heterocycles. The Morgan fingerprint density at radius 1 is 1.47 bits per heavy atom. The first kappa shape index (κ1) is 14.2. The molecule has 0 aromatic rings. The van der Waals surface area contributed by atoms with Crippen LogP contribution in [0.4, 0.5) is 0 Å². The van der Waals surface area contributed by atoms with Gasteiger partial charge in [0.1, 0.15) is 0 Å². The van der Waals surface area contributed by atoms with E-state index in [0.29, 0.717) is 6.61 Å². The van der Waals surface area contributed by atoms with Crippen LogP contribution in [0.2, 0.25) is 0 Å². The van der Waals surface area contributed by atoms with Gasteiger partial charge in [-0.05, 0) is 33.1 Å². The van der Waals surface area contributed by atoms with Gasteiger partial charge in [-0.1, -0.05) is 19.1 Å². The molecule has 0 aliphatic heterocycles. The van der Waals surface area contributed by atoms with Crippen LogP contribution in [-0.2, 0) is 9.53 Å². The fraction of sp³-hybridized carbons (Fsp3) is 0.750. The van der Waals surface area contributed by atoms with Gasteiger partial charge >= 0.3 is 5.97 Å². The molecule has 88 valence electrons. The summed E-state index contributed by atoms with van der Waals surface area (Å²) in [5.41, 5.74) is 0. The molecule has 1 unspecified atom stereocenters. The monoisotopic (exact) mass is 214 g/mol. The smallest absolute Gasteiger partial charge is 0.309 e. The van der Waals surface area contributed by atoms with E-state index < -0.39 is 11.9 Å². The minimum Gasteiger partial charge on any atom is -0.481 e. The summed E-state index contributed by atoms with van der Waals surface area (Å²) in [4.78, 5) is 11.1. The highest BCUT2D eigenvalue weighted by atomic mass is 16.5. The molecule has 0 spiro atoms. The highest BCUT2D eigenvalue weighted by Crippen LogP contribution is 2.22. The lowest BCUT2D eigenvalue weighted by Crippen LogP contribution is -2.33. The van der Waals surface area contributed by atoms with Crippen LogP contribution in [0.3, 0.4) is 0 Å². The summed E-state index contributed by atoms with van der Waals surface area (Å²) < 4.78 is 5.36. The Bertz CT molecular complexity index is 211. The number of hydrogen-bond donors (Lipinski definition) is 1. The summed E-state index contributed by atoms with van der Waals surface area (Å²) in [7, 11) is 0. The Labute approximate surface area is 92.1 Å². The Kier molecular flexibility index (Phi) is 7.05. The molecule has 15 heavy (non-hydrogen) atoms. The molecule has 0 bridgehead atoms. The Morgan fingerprint density at radius 3 is 2.47 bits per heavy atom. The van der Waals surface area contributed by atoms with Gasteiger partial charge in [-0.15, -0.1) is 0 Å². The number of hydrogen-bond acceptors (Lipinski definition) is 2. The number of carboxylic acids is 1. The molecular weight excluding hydrogens is 192 g/mol. The molecule has 0 rings (SSSR count). The highest BCUT2D eigenvalue weighted by molar-refractivity contribution is 5.71. The Hall–Kier alpha value is -0.830. The van der Waals surface area contributed by atoms with Crippen LogP contribution < -0.4 is 0 Å². The van der Waals surface area contributed by atoms with E-state index in [1.807, 2.05) is 39.8 Å². The maximum Gasteiger partial charge on any atom is 0.309 e. The van der Waals surface area contributed by atoms with Crippen LogP contribution in [0, 0.1) is 11.8 Å². The maximum atomic E-state index is 11.1. The third kappa shape index (κ3) is 4.98. The van der Waals surface area contributed by atoms with Crippen molar-refractivity contribution in [1.29, 1.82) is 0 Å². The SMILES string of the molecule is CC=CC[C@@H](C)[C@@H](C(=O)O)C(C)OCC. The number of aliphatic carboxylic acids is 1. The molecule has 0 aliphatic carbocycles. The van der Waals surface area contributed by atoms with Crippen LogP contribution >= 0.6 is 0 Å². The maximum absolute atomic E-state index is 11.1. The van der Waals surface area contributed by atoms with Crippen molar-refractivity contribution in [1.82, 2.24) is 0 Å². The molecule has 1 N–H and O–H groups in total. The van der Waals surface area contributed by atoms with E-state index in [4.69, 9.17) is 9.84 Å². The molecule has 3 heteroatoms. The van der Waals surface area contributed by atoms with Crippen molar-refractivity contribution < 1.29 is 14.6 Å². The lowest BCUT2D eigenvalue weighted by molar-refractivity contribution is -0.149. The largest absolute Gasteiger partial charge is 0.481 e. The van der Waals surface area contributed by atoms with Crippen molar-refractivity contribution in [3.63, 3.8) is 0 Å². The van der Waals surface area contributed by atoms with E-state index in [1.54, 1.807) is 0 Å². The second-order valence-electron chi connectivity index (χ2n) is 3.81. The normalized spacial score (nSPS) is 17.6. The molecule has 0 radical (unpaired) electrons. The van der Waals surface area contributed by atoms with E-state index in [9.17, 15) is 4.79 Å². The van der Waals surface area contributed by atoms with Crippen LogP contribution in [0.1, 0.15) is 34.1 Å². The van der Waals surface area contributed by atoms with Crippen LogP contribution in [0.5, 0.6) is 0 Å². The minimum absolute atomic E-state index is 0.0975. The third-order valence-corrected chi connectivity index (χ3v) is 2.58. The zero-order valence-corrected chi connectivity index (χ0v) is 10.1. The lowest BCUT2D eigenvalue weighted by atomic mass is 9.87. The molecule has 0 saturated heterocycles. The molecule has 0 amide bonds. The second-order valence-corrected chi connectivity index (χ2v) is 3.81. The van der Waals surface area contributed by atoms with Gasteiger partial charge in [0.2, 0.25) is 0 Å². The van der Waals surface area contributed by atoms with Crippen LogP contribution in [0.25, 0.3) is 0 Å². The van der Waals surface area contributed by atoms with E-state index in [-0.39, 0.29) is 12.0 Å². The fourth-order valence-corrected chi connectivity index (χ4v) is 1.77. The summed E-state index contributed by atoms with van der Waals surface area (Å²) in [5.74, 6) is -1.10. The number of carbonyl (C=O) groups is 1. The second kappa shape index (κ2) is 7.46. The van der Waals surface area contributed by atoms with Gasteiger partial charge in [-0.2, -0.15) is 0 Å². The van der Waals surface area contributed by atoms with Gasteiger partial charge in [0, 0.05) is 6.61 Å². The van der Waals surface area contributed by atoms with Crippen molar-refractivity contribution in [2.45, 2.75) is 40.2 Å². The summed E-state index contributed by atoms with van der Waals surface area (Å²) in [6.07, 6.45) is 4.50. The number of allylic oxidation sites excluding steroid dienone is 2. The zero-order chi connectivity index (χ0) is 11.8. The van der Waals surface area contributed by atoms with Crippen LogP contribution in [-0.4, -0.2) is 23.8 Å². The zero-order valence-electron chi connectivity index (χ0n) is 10.1. The average molecular weight is 214 g/mol. The standard InChI is InChI=1S/C12H22O3/c1-5-7-8-9(3)11(12(13)14)10(4)15-6-2/h5,7,9-11H,6,8H2,1-4H3,(H,13,14)/t9-,10?,11-/m1/s1. The fourth-order valence-electron chi connectivity index (χ4n) is 1.77. The van der Waals surface area contributed by atoms with Gasteiger partial charge in [0.15, 0.2) is 0 Å². The van der Waals surface area contributed by atoms with Crippen molar-refractivity contribution in [3.05, 3.63) is 12.2 Å². The van der Waals surface area contributed by atoms with E-state index >= 15 is 0 Å². The predicted molar refractivity (Wildman–Crippen MR) is 60.8 cm³/mol. The summed E-state index contributed by atoms with van der Waals surface area (Å²) >= 11 is 0. The minimum atomic E-state index is -0.770. The predicted octanol–water partition coefficient (Wildman–Crippen LogP) is 2.71. The molecule has 0 saturated carbocycles. The Morgan fingerprint density at radius 2 is 2.07 bits per heavy atom. The van der Waals surface area contributed by atoms with E-state index in [1.165, 1.54) is 0 Å². The molecule has 0 heterocycles. The van der Waals surface area contributed by atoms with Crippen molar-refractivity contribution in [2.24, 2.45) is 11.8 Å². The summed E-state index contributed by atoms with van der Waals surface area (Å²) in [6.45, 7) is 8.16. The number of ether oxygens (including phenoxy) is 1. The molecule has 0 aromatic carbocycles. The summed E-state index contributed by atoms with van der Waals surface area (Å²) in [6, 6.07) is 0. The first-order valence-corrected chi connectivity index (χ1v) is 5.50. The molecular formula is C12H22O3. The Balaban J connectivity index is 4.43. The molecule has 3 nitrogen and oxygen atoms in total. The van der Waals surface area contributed by atoms with Gasteiger partial charge in [0.25, 0.3) is 0 Å². The average Bonchev–Trinajstić information content (AvgIpc) is 2.14. The highest BCUT2D eigenvalue weighted by Gasteiger charge is 2.30. The summed E-state index contributed by atoms with van der Waals surface area (Å²) in [5, 5.41) is 9.14. The van der Waals surface area contributed by atoms with Crippen molar-refractivity contribution in [2.75, 3.05) is 6.61 Å². The van der Waals surface area contributed by atoms with Gasteiger partial charge in [-0.3, -0.25) is 4.79 Å². The molecule has 3 atom stereocenters. The van der Waals surface area contributed by atoms with Gasteiger partial charge < -0.3 is 9.84 Å². The first-order chi connectivity index (χ1) is 7.04. The third-order valence-electron chi connectivity index (χ3n) is 2.58. The van der Waals surface area contributed by atoms with E-state index in [2.05, 4.69) is 0 Å². The van der Waals surface area contributed by atoms with Crippen molar-refractivity contribution >= 4 is 5.97 Å².